The third-order valence-electron chi connectivity index (χ3n) is 5.05. The minimum Gasteiger partial charge on any atom is -0.508 e. The van der Waals surface area contributed by atoms with Gasteiger partial charge in [0.15, 0.2) is 0 Å². The van der Waals surface area contributed by atoms with Gasteiger partial charge in [0.05, 0.1) is 18.0 Å². The van der Waals surface area contributed by atoms with Gasteiger partial charge >= 0.3 is 5.97 Å². The summed E-state index contributed by atoms with van der Waals surface area (Å²) in [5, 5.41) is 20.2. The number of methoxy groups -OCH3 is 1. The van der Waals surface area contributed by atoms with Crippen LogP contribution in [0.4, 0.5) is 4.39 Å². The molecule has 1 unspecified atom stereocenters. The maximum atomic E-state index is 13.6. The Morgan fingerprint density at radius 3 is 2.48 bits per heavy atom. The van der Waals surface area contributed by atoms with Crippen molar-refractivity contribution >= 4 is 16.9 Å². The lowest BCUT2D eigenvalue weighted by atomic mass is 9.85. The van der Waals surface area contributed by atoms with Crippen molar-refractivity contribution in [3.05, 3.63) is 59.5 Å². The van der Waals surface area contributed by atoms with Gasteiger partial charge in [-0.25, -0.2) is 4.39 Å². The molecular formula is C23H24FNO4. The fourth-order valence-electron chi connectivity index (χ4n) is 3.64. The standard InChI is InChI=1S/C23H24FNO4/c1-13(23(27)28)10-20-21(14(2)12-29-3)22(15-4-6-16(24)7-5-15)18-9-8-17(26)11-19(18)25-20/h4-9,11,13-14,26H,10,12H2,1-3H3,(H,27,28)/t13-,14?/m1/s1. The lowest BCUT2D eigenvalue weighted by molar-refractivity contribution is -0.141. The lowest BCUT2D eigenvalue weighted by Crippen LogP contribution is -2.17. The third kappa shape index (κ3) is 4.38. The molecule has 0 bridgehead atoms. The molecule has 2 N–H and O–H groups in total. The van der Waals surface area contributed by atoms with E-state index in [1.165, 1.54) is 12.1 Å². The van der Waals surface area contributed by atoms with Crippen molar-refractivity contribution < 1.29 is 24.1 Å². The van der Waals surface area contributed by atoms with E-state index in [9.17, 15) is 19.4 Å². The summed E-state index contributed by atoms with van der Waals surface area (Å²) in [6.07, 6.45) is 0.235. The molecule has 0 saturated heterocycles. The molecule has 1 aromatic heterocycles. The highest BCUT2D eigenvalue weighted by atomic mass is 19.1. The predicted molar refractivity (Wildman–Crippen MR) is 110 cm³/mol. The van der Waals surface area contributed by atoms with Crippen LogP contribution in [0.5, 0.6) is 5.75 Å². The van der Waals surface area contributed by atoms with Crippen LogP contribution in [-0.2, 0) is 16.0 Å². The van der Waals surface area contributed by atoms with Gasteiger partial charge in [0.1, 0.15) is 11.6 Å². The number of nitrogens with zero attached hydrogens (tertiary/aromatic N) is 1. The van der Waals surface area contributed by atoms with E-state index in [4.69, 9.17) is 9.72 Å². The van der Waals surface area contributed by atoms with Gasteiger partial charge < -0.3 is 14.9 Å². The first-order chi connectivity index (χ1) is 13.8. The lowest BCUT2D eigenvalue weighted by Gasteiger charge is -2.23. The van der Waals surface area contributed by atoms with E-state index in [-0.39, 0.29) is 23.9 Å². The molecule has 0 aliphatic carbocycles. The molecule has 152 valence electrons. The fraction of sp³-hybridized carbons (Fsp3) is 0.304. The highest BCUT2D eigenvalue weighted by Gasteiger charge is 2.24. The van der Waals surface area contributed by atoms with E-state index in [0.29, 0.717) is 17.8 Å². The monoisotopic (exact) mass is 397 g/mol. The predicted octanol–water partition coefficient (Wildman–Crippen LogP) is 4.76. The van der Waals surface area contributed by atoms with Crippen molar-refractivity contribution in [2.45, 2.75) is 26.2 Å². The molecule has 3 aromatic rings. The summed E-state index contributed by atoms with van der Waals surface area (Å²) in [7, 11) is 1.61. The number of aliphatic carboxylic acids is 1. The molecule has 0 fully saturated rings. The van der Waals surface area contributed by atoms with E-state index >= 15 is 0 Å². The highest BCUT2D eigenvalue weighted by molar-refractivity contribution is 5.97. The number of phenols is 1. The van der Waals surface area contributed by atoms with Crippen LogP contribution in [0.25, 0.3) is 22.0 Å². The molecule has 0 aliphatic rings. The molecule has 3 rings (SSSR count). The Labute approximate surface area is 168 Å². The van der Waals surface area contributed by atoms with Crippen molar-refractivity contribution in [3.63, 3.8) is 0 Å². The SMILES string of the molecule is COCC(C)c1c(C[C@@H](C)C(=O)O)nc2cc(O)ccc2c1-c1ccc(F)cc1. The summed E-state index contributed by atoms with van der Waals surface area (Å²) in [6, 6.07) is 11.1. The Morgan fingerprint density at radius 2 is 1.86 bits per heavy atom. The summed E-state index contributed by atoms with van der Waals surface area (Å²) in [6.45, 7) is 4.06. The van der Waals surface area contributed by atoms with Crippen LogP contribution in [0.2, 0.25) is 0 Å². The van der Waals surface area contributed by atoms with Crippen LogP contribution in [0.1, 0.15) is 31.0 Å². The second-order valence-electron chi connectivity index (χ2n) is 7.36. The number of hydrogen-bond donors (Lipinski definition) is 2. The van der Waals surface area contributed by atoms with E-state index in [1.54, 1.807) is 44.4 Å². The van der Waals surface area contributed by atoms with E-state index in [0.717, 1.165) is 22.1 Å². The molecule has 1 heterocycles. The van der Waals surface area contributed by atoms with Gasteiger partial charge in [-0.1, -0.05) is 26.0 Å². The number of carboxylic acid groups (broad SMARTS) is 1. The summed E-state index contributed by atoms with van der Waals surface area (Å²) in [5.41, 5.74) is 3.73. The first-order valence-electron chi connectivity index (χ1n) is 9.45. The minimum atomic E-state index is -0.906. The first-order valence-corrected chi connectivity index (χ1v) is 9.45. The van der Waals surface area contributed by atoms with Crippen molar-refractivity contribution in [2.24, 2.45) is 5.92 Å². The van der Waals surface area contributed by atoms with Gasteiger partial charge in [-0.2, -0.15) is 0 Å². The number of fused-ring (bicyclic) bond motifs is 1. The first kappa shape index (κ1) is 20.7. The van der Waals surface area contributed by atoms with Gasteiger partial charge in [0.25, 0.3) is 0 Å². The Kier molecular flexibility index (Phi) is 6.13. The second kappa shape index (κ2) is 8.57. The van der Waals surface area contributed by atoms with Gasteiger partial charge in [0.2, 0.25) is 0 Å². The maximum absolute atomic E-state index is 13.6. The average Bonchev–Trinajstić information content (AvgIpc) is 2.67. The number of ether oxygens (including phenoxy) is 1. The summed E-state index contributed by atoms with van der Waals surface area (Å²) in [4.78, 5) is 16.2. The number of rotatable bonds is 7. The number of carbonyl (C=O) groups is 1. The van der Waals surface area contributed by atoms with Gasteiger partial charge in [-0.3, -0.25) is 9.78 Å². The number of aromatic hydroxyl groups is 1. The Bertz CT molecular complexity index is 1030. The minimum absolute atomic E-state index is 0.0678. The number of carboxylic acids is 1. The van der Waals surface area contributed by atoms with Crippen molar-refractivity contribution in [1.29, 1.82) is 0 Å². The van der Waals surface area contributed by atoms with Crippen LogP contribution in [0.3, 0.4) is 0 Å². The van der Waals surface area contributed by atoms with Crippen LogP contribution < -0.4 is 0 Å². The quantitative estimate of drug-likeness (QED) is 0.601. The van der Waals surface area contributed by atoms with Gasteiger partial charge in [-0.05, 0) is 41.0 Å². The second-order valence-corrected chi connectivity index (χ2v) is 7.36. The topological polar surface area (TPSA) is 79.7 Å². The van der Waals surface area contributed by atoms with Gasteiger partial charge in [0, 0.05) is 36.6 Å². The Balaban J connectivity index is 2.36. The van der Waals surface area contributed by atoms with Crippen LogP contribution in [0, 0.1) is 11.7 Å². The molecule has 0 saturated carbocycles. The average molecular weight is 397 g/mol. The van der Waals surface area contributed by atoms with E-state index in [2.05, 4.69) is 0 Å². The molecule has 6 heteroatoms. The Hall–Kier alpha value is -2.99. The highest BCUT2D eigenvalue weighted by Crippen LogP contribution is 2.39. The number of phenolic OH excluding ortho intramolecular Hbond substituents is 1. The summed E-state index contributed by atoms with van der Waals surface area (Å²) < 4.78 is 18.9. The number of benzene rings is 2. The maximum Gasteiger partial charge on any atom is 0.306 e. The molecule has 29 heavy (non-hydrogen) atoms. The zero-order valence-electron chi connectivity index (χ0n) is 16.6. The fourth-order valence-corrected chi connectivity index (χ4v) is 3.64. The van der Waals surface area contributed by atoms with E-state index in [1.807, 2.05) is 6.92 Å². The van der Waals surface area contributed by atoms with Crippen molar-refractivity contribution in [3.8, 4) is 16.9 Å². The number of pyridine rings is 1. The number of hydrogen-bond acceptors (Lipinski definition) is 4. The smallest absolute Gasteiger partial charge is 0.306 e. The van der Waals surface area contributed by atoms with Gasteiger partial charge in [-0.15, -0.1) is 0 Å². The zero-order chi connectivity index (χ0) is 21.1. The molecular weight excluding hydrogens is 373 g/mol. The molecule has 0 aliphatic heterocycles. The molecule has 0 radical (unpaired) electrons. The summed E-state index contributed by atoms with van der Waals surface area (Å²) in [5.74, 6) is -1.87. The Morgan fingerprint density at radius 1 is 1.17 bits per heavy atom. The van der Waals surface area contributed by atoms with Crippen molar-refractivity contribution in [2.75, 3.05) is 13.7 Å². The van der Waals surface area contributed by atoms with Crippen LogP contribution in [-0.4, -0.2) is 34.9 Å². The third-order valence-corrected chi connectivity index (χ3v) is 5.05. The summed E-state index contributed by atoms with van der Waals surface area (Å²) >= 11 is 0. The van der Waals surface area contributed by atoms with Crippen LogP contribution in [0.15, 0.2) is 42.5 Å². The molecule has 0 spiro atoms. The van der Waals surface area contributed by atoms with E-state index < -0.39 is 11.9 Å². The molecule has 5 nitrogen and oxygen atoms in total. The molecule has 2 atom stereocenters. The van der Waals surface area contributed by atoms with Crippen molar-refractivity contribution in [1.82, 2.24) is 4.98 Å². The number of halogens is 1. The largest absolute Gasteiger partial charge is 0.508 e. The molecule has 2 aromatic carbocycles. The molecule has 0 amide bonds. The van der Waals surface area contributed by atoms with Crippen LogP contribution >= 0.6 is 0 Å². The number of aromatic nitrogens is 1. The normalized spacial score (nSPS) is 13.4. The zero-order valence-corrected chi connectivity index (χ0v) is 16.6.